The van der Waals surface area contributed by atoms with Crippen LogP contribution >= 0.6 is 0 Å². The predicted molar refractivity (Wildman–Crippen MR) is 18.1 cm³/mol. The Morgan fingerprint density at radius 3 is 1.75 bits per heavy atom. The molecule has 0 bridgehead atoms. The lowest BCUT2D eigenvalue weighted by Gasteiger charge is -1.02. The Morgan fingerprint density at radius 1 is 1.75 bits per heavy atom. The van der Waals surface area contributed by atoms with Crippen molar-refractivity contribution in [1.29, 1.82) is 0 Å². The number of carbonyl (C=O) groups excluding carboxylic acids is 1. The van der Waals surface area contributed by atoms with Crippen molar-refractivity contribution in [2.45, 2.75) is 7.43 Å². The van der Waals surface area contributed by atoms with Crippen molar-refractivity contribution < 1.29 is 4.79 Å². The largest absolute Gasteiger partial charge is 0.234 e. The second-order valence-electron chi connectivity index (χ2n) is 0.144. The average Bonchev–Trinajstić information content (AvgIpc) is 0.918. The minimum atomic E-state index is 0. The van der Waals surface area contributed by atoms with E-state index in [1.165, 1.54) is 5.94 Å². The summed E-state index contributed by atoms with van der Waals surface area (Å²) in [6, 6.07) is 0. The third-order valence-corrected chi connectivity index (χ3v) is 0. The SMILES string of the molecule is C.C=C=O. The molecule has 0 heterocycles. The molecule has 0 aliphatic heterocycles. The molecule has 0 aliphatic carbocycles. The van der Waals surface area contributed by atoms with E-state index in [0.717, 1.165) is 0 Å². The Balaban J connectivity index is 0. The van der Waals surface area contributed by atoms with Gasteiger partial charge in [-0.3, -0.25) is 0 Å². The number of hydrogen-bond donors (Lipinski definition) is 0. The lowest BCUT2D eigenvalue weighted by atomic mass is 11.2. The Hall–Kier alpha value is -0.550. The molecule has 0 aliphatic rings. The van der Waals surface area contributed by atoms with Gasteiger partial charge in [-0.05, 0) is 6.58 Å². The normalized spacial score (nSPS) is 2.00. The predicted octanol–water partition coefficient (Wildman–Crippen LogP) is 0.640. The molecule has 0 aromatic carbocycles. The highest BCUT2D eigenvalue weighted by Crippen LogP contribution is 0.894. The van der Waals surface area contributed by atoms with Crippen LogP contribution in [-0.4, -0.2) is 5.94 Å². The summed E-state index contributed by atoms with van der Waals surface area (Å²) in [4.78, 5) is 8.57. The van der Waals surface area contributed by atoms with Gasteiger partial charge in [-0.1, -0.05) is 7.43 Å². The van der Waals surface area contributed by atoms with Crippen LogP contribution in [0, 0.1) is 0 Å². The van der Waals surface area contributed by atoms with Gasteiger partial charge in [-0.25, -0.2) is 4.79 Å². The summed E-state index contributed by atoms with van der Waals surface area (Å²) in [5.74, 6) is 1.25. The first-order valence-corrected chi connectivity index (χ1v) is 0.558. The van der Waals surface area contributed by atoms with E-state index < -0.39 is 0 Å². The van der Waals surface area contributed by atoms with Gasteiger partial charge in [0.2, 0.25) is 0 Å². The van der Waals surface area contributed by atoms with Crippen molar-refractivity contribution in [3.8, 4) is 0 Å². The van der Waals surface area contributed by atoms with E-state index in [1.807, 2.05) is 0 Å². The van der Waals surface area contributed by atoms with Crippen molar-refractivity contribution in [1.82, 2.24) is 0 Å². The maximum Gasteiger partial charge on any atom is 0.116 e. The lowest BCUT2D eigenvalue weighted by molar-refractivity contribution is 0.569. The minimum Gasteiger partial charge on any atom is -0.234 e. The molecular weight excluding hydrogens is 52.0 g/mol. The molecule has 0 spiro atoms. The van der Waals surface area contributed by atoms with E-state index in [2.05, 4.69) is 6.58 Å². The van der Waals surface area contributed by atoms with Gasteiger partial charge in [-0.2, -0.15) is 0 Å². The van der Waals surface area contributed by atoms with Crippen molar-refractivity contribution >= 4 is 5.94 Å². The third-order valence-electron chi connectivity index (χ3n) is 0. The Kier molecular flexibility index (Phi) is 62.6. The van der Waals surface area contributed by atoms with E-state index >= 15 is 0 Å². The van der Waals surface area contributed by atoms with E-state index in [4.69, 9.17) is 4.79 Å². The summed E-state index contributed by atoms with van der Waals surface area (Å²) < 4.78 is 0. The highest BCUT2D eigenvalue weighted by Gasteiger charge is 1.01. The molecule has 1 heteroatoms. The zero-order chi connectivity index (χ0) is 2.71. The van der Waals surface area contributed by atoms with E-state index in [-0.39, 0.29) is 7.43 Å². The molecule has 24 valence electrons. The van der Waals surface area contributed by atoms with Gasteiger partial charge in [-0.15, -0.1) is 0 Å². The van der Waals surface area contributed by atoms with Crippen molar-refractivity contribution in [2.24, 2.45) is 0 Å². The molecule has 0 N–H and O–H groups in total. The van der Waals surface area contributed by atoms with Gasteiger partial charge in [0.15, 0.2) is 0 Å². The quantitative estimate of drug-likeness (QED) is 0.373. The fourth-order valence-corrected chi connectivity index (χ4v) is 0. The van der Waals surface area contributed by atoms with Crippen LogP contribution in [0.5, 0.6) is 0 Å². The maximum atomic E-state index is 8.57. The first-order valence-electron chi connectivity index (χ1n) is 0.558. The van der Waals surface area contributed by atoms with E-state index in [9.17, 15) is 0 Å². The molecule has 0 aromatic heterocycles. The summed E-state index contributed by atoms with van der Waals surface area (Å²) in [5, 5.41) is 0. The summed E-state index contributed by atoms with van der Waals surface area (Å²) in [5.41, 5.74) is 0. The van der Waals surface area contributed by atoms with Gasteiger partial charge in [0.1, 0.15) is 5.94 Å². The van der Waals surface area contributed by atoms with Crippen molar-refractivity contribution in [3.63, 3.8) is 0 Å². The molecule has 0 rings (SSSR count). The van der Waals surface area contributed by atoms with Gasteiger partial charge in [0.25, 0.3) is 0 Å². The summed E-state index contributed by atoms with van der Waals surface area (Å²) in [6.45, 7) is 2.68. The molecule has 0 unspecified atom stereocenters. The minimum absolute atomic E-state index is 0. The second kappa shape index (κ2) is 25.4. The Bertz CT molecular complexity index is 24.3. The second-order valence-corrected chi connectivity index (χ2v) is 0.144. The zero-order valence-corrected chi connectivity index (χ0v) is 1.62. The van der Waals surface area contributed by atoms with Gasteiger partial charge in [0, 0.05) is 0 Å². The fraction of sp³-hybridized carbons (Fsp3) is 0.333. The van der Waals surface area contributed by atoms with Crippen molar-refractivity contribution in [3.05, 3.63) is 6.58 Å². The molecule has 4 heavy (non-hydrogen) atoms. The summed E-state index contributed by atoms with van der Waals surface area (Å²) in [7, 11) is 0. The van der Waals surface area contributed by atoms with Gasteiger partial charge >= 0.3 is 0 Å². The first kappa shape index (κ1) is 9.85. The molecule has 0 aromatic rings. The Morgan fingerprint density at radius 2 is 1.75 bits per heavy atom. The molecule has 0 saturated carbocycles. The number of rotatable bonds is 0. The summed E-state index contributed by atoms with van der Waals surface area (Å²) >= 11 is 0. The van der Waals surface area contributed by atoms with Crippen LogP contribution < -0.4 is 0 Å². The molecule has 0 amide bonds. The molecular formula is C3H6O. The van der Waals surface area contributed by atoms with Crippen LogP contribution in [0.25, 0.3) is 0 Å². The smallest absolute Gasteiger partial charge is 0.116 e. The van der Waals surface area contributed by atoms with Crippen LogP contribution in [-0.2, 0) is 4.79 Å². The molecule has 0 fully saturated rings. The third kappa shape index (κ3) is 0.971. The highest BCUT2D eigenvalue weighted by atomic mass is 16.1. The number of hydrogen-bond acceptors (Lipinski definition) is 1. The first-order chi connectivity index (χ1) is 1.41. The zero-order valence-electron chi connectivity index (χ0n) is 1.62. The van der Waals surface area contributed by atoms with E-state index in [1.54, 1.807) is 0 Å². The standard InChI is InChI=1S/C2H2O.CH4/c1-2-3;/h1H2;1H4. The van der Waals surface area contributed by atoms with Crippen molar-refractivity contribution in [2.75, 3.05) is 0 Å². The van der Waals surface area contributed by atoms with Crippen LogP contribution in [0.4, 0.5) is 0 Å². The molecule has 0 atom stereocenters. The monoisotopic (exact) mass is 58.0 g/mol. The highest BCUT2D eigenvalue weighted by molar-refractivity contribution is 5.38. The fourth-order valence-electron chi connectivity index (χ4n) is 0. The van der Waals surface area contributed by atoms with E-state index in [0.29, 0.717) is 0 Å². The topological polar surface area (TPSA) is 17.1 Å². The lowest BCUT2D eigenvalue weighted by Crippen LogP contribution is -1.15. The average molecular weight is 58.1 g/mol. The Labute approximate surface area is 25.9 Å². The summed E-state index contributed by atoms with van der Waals surface area (Å²) in [6.07, 6.45) is 0. The van der Waals surface area contributed by atoms with Crippen LogP contribution in [0.15, 0.2) is 6.58 Å². The van der Waals surface area contributed by atoms with Crippen LogP contribution in [0.1, 0.15) is 7.43 Å². The van der Waals surface area contributed by atoms with Gasteiger partial charge in [0.05, 0.1) is 0 Å². The maximum absolute atomic E-state index is 8.57. The van der Waals surface area contributed by atoms with Crippen LogP contribution in [0.3, 0.4) is 0 Å². The van der Waals surface area contributed by atoms with Gasteiger partial charge < -0.3 is 0 Å². The van der Waals surface area contributed by atoms with Crippen LogP contribution in [0.2, 0.25) is 0 Å². The molecule has 0 saturated heterocycles. The molecule has 1 nitrogen and oxygen atoms in total. The molecule has 0 radical (unpaired) electrons.